The number of aromatic nitrogens is 3. The summed E-state index contributed by atoms with van der Waals surface area (Å²) in [5, 5.41) is 13.3. The predicted molar refractivity (Wildman–Crippen MR) is 110 cm³/mol. The van der Waals surface area contributed by atoms with Crippen molar-refractivity contribution in [2.75, 3.05) is 18.4 Å². The number of carbonyl (C=O) groups is 1. The quantitative estimate of drug-likeness (QED) is 0.683. The van der Waals surface area contributed by atoms with Crippen molar-refractivity contribution in [3.8, 4) is 0 Å². The number of hydrogen-bond acceptors (Lipinski definition) is 5. The first-order valence-electron chi connectivity index (χ1n) is 9.68. The Labute approximate surface area is 169 Å². The maximum absolute atomic E-state index is 13.2. The summed E-state index contributed by atoms with van der Waals surface area (Å²) < 4.78 is 27.9. The lowest BCUT2D eigenvalue weighted by molar-refractivity contribution is 0.102. The maximum Gasteiger partial charge on any atom is 0.255 e. The van der Waals surface area contributed by atoms with Crippen LogP contribution in [0.25, 0.3) is 11.0 Å². The molecular formula is C20H23N5O3S. The van der Waals surface area contributed by atoms with Crippen LogP contribution in [0.1, 0.15) is 41.6 Å². The van der Waals surface area contributed by atoms with Crippen LogP contribution < -0.4 is 5.32 Å². The molecule has 152 valence electrons. The molecule has 0 aliphatic carbocycles. The Hall–Kier alpha value is -2.78. The average Bonchev–Trinajstić information content (AvgIpc) is 3.00. The molecule has 4 rings (SSSR count). The first-order chi connectivity index (χ1) is 13.9. The Kier molecular flexibility index (Phi) is 5.33. The molecule has 8 nitrogen and oxygen atoms in total. The van der Waals surface area contributed by atoms with E-state index in [1.54, 1.807) is 47.6 Å². The van der Waals surface area contributed by atoms with Crippen molar-refractivity contribution in [1.29, 1.82) is 0 Å². The van der Waals surface area contributed by atoms with E-state index < -0.39 is 10.0 Å². The van der Waals surface area contributed by atoms with Gasteiger partial charge in [0.15, 0.2) is 0 Å². The number of aryl methyl sites for hydroxylation is 1. The minimum atomic E-state index is -3.60. The fourth-order valence-corrected chi connectivity index (χ4v) is 5.33. The first-order valence-corrected chi connectivity index (χ1v) is 11.1. The highest BCUT2D eigenvalue weighted by molar-refractivity contribution is 7.89. The summed E-state index contributed by atoms with van der Waals surface area (Å²) >= 11 is 0. The molecule has 0 unspecified atom stereocenters. The summed E-state index contributed by atoms with van der Waals surface area (Å²) in [6.45, 7) is 2.85. The molecule has 1 fully saturated rings. The van der Waals surface area contributed by atoms with Crippen molar-refractivity contribution in [2.45, 2.75) is 37.5 Å². The molecule has 1 amide bonds. The van der Waals surface area contributed by atoms with Crippen LogP contribution in [0.2, 0.25) is 0 Å². The highest BCUT2D eigenvalue weighted by Gasteiger charge is 2.27. The van der Waals surface area contributed by atoms with E-state index in [2.05, 4.69) is 20.7 Å². The molecule has 2 heterocycles. The van der Waals surface area contributed by atoms with Gasteiger partial charge in [-0.3, -0.25) is 4.79 Å². The molecule has 1 aromatic heterocycles. The van der Waals surface area contributed by atoms with Gasteiger partial charge < -0.3 is 5.32 Å². The third-order valence-electron chi connectivity index (χ3n) is 5.21. The average molecular weight is 414 g/mol. The molecule has 3 aromatic rings. The van der Waals surface area contributed by atoms with E-state index in [-0.39, 0.29) is 10.8 Å². The van der Waals surface area contributed by atoms with Gasteiger partial charge in [-0.1, -0.05) is 18.9 Å². The number of benzene rings is 2. The maximum atomic E-state index is 13.2. The van der Waals surface area contributed by atoms with Crippen LogP contribution >= 0.6 is 0 Å². The van der Waals surface area contributed by atoms with Gasteiger partial charge in [0.25, 0.3) is 5.91 Å². The van der Waals surface area contributed by atoms with E-state index in [1.165, 1.54) is 0 Å². The normalized spacial score (nSPS) is 15.9. The van der Waals surface area contributed by atoms with Crippen molar-refractivity contribution in [2.24, 2.45) is 0 Å². The number of nitrogens with zero attached hydrogens (tertiary/aromatic N) is 3. The van der Waals surface area contributed by atoms with Crippen LogP contribution in [0.5, 0.6) is 0 Å². The molecule has 0 radical (unpaired) electrons. The highest BCUT2D eigenvalue weighted by Crippen LogP contribution is 2.26. The fraction of sp³-hybridized carbons (Fsp3) is 0.350. The first kappa shape index (κ1) is 19.5. The van der Waals surface area contributed by atoms with Crippen LogP contribution in [0, 0.1) is 6.92 Å². The van der Waals surface area contributed by atoms with Gasteiger partial charge in [0.1, 0.15) is 11.0 Å². The number of nitrogens with one attached hydrogen (secondary N) is 2. The Morgan fingerprint density at radius 1 is 1.00 bits per heavy atom. The minimum absolute atomic E-state index is 0.240. The van der Waals surface area contributed by atoms with Gasteiger partial charge in [-0.2, -0.15) is 19.7 Å². The van der Waals surface area contributed by atoms with Crippen molar-refractivity contribution in [3.63, 3.8) is 0 Å². The number of rotatable bonds is 4. The minimum Gasteiger partial charge on any atom is -0.322 e. The van der Waals surface area contributed by atoms with Gasteiger partial charge in [0.2, 0.25) is 10.0 Å². The van der Waals surface area contributed by atoms with E-state index in [9.17, 15) is 13.2 Å². The molecule has 29 heavy (non-hydrogen) atoms. The van der Waals surface area contributed by atoms with Crippen LogP contribution in [0.3, 0.4) is 0 Å². The number of amides is 1. The lowest BCUT2D eigenvalue weighted by atomic mass is 10.1. The third-order valence-corrected chi connectivity index (χ3v) is 7.25. The summed E-state index contributed by atoms with van der Waals surface area (Å²) in [5.41, 5.74) is 2.78. The van der Waals surface area contributed by atoms with E-state index in [0.717, 1.165) is 25.7 Å². The molecule has 0 atom stereocenters. The number of sulfonamides is 1. The molecule has 2 aromatic carbocycles. The number of H-pyrrole nitrogens is 1. The second kappa shape index (κ2) is 7.92. The molecule has 9 heteroatoms. The monoisotopic (exact) mass is 413 g/mol. The second-order valence-electron chi connectivity index (χ2n) is 7.28. The zero-order valence-electron chi connectivity index (χ0n) is 16.2. The Morgan fingerprint density at radius 3 is 2.48 bits per heavy atom. The van der Waals surface area contributed by atoms with Gasteiger partial charge in [-0.05, 0) is 55.7 Å². The van der Waals surface area contributed by atoms with E-state index in [0.29, 0.717) is 40.9 Å². The highest BCUT2D eigenvalue weighted by atomic mass is 32.2. The van der Waals surface area contributed by atoms with Crippen LogP contribution in [-0.4, -0.2) is 47.1 Å². The van der Waals surface area contributed by atoms with Crippen molar-refractivity contribution in [1.82, 2.24) is 19.7 Å². The summed E-state index contributed by atoms with van der Waals surface area (Å²) in [6, 6.07) is 9.98. The van der Waals surface area contributed by atoms with Gasteiger partial charge in [0.05, 0.1) is 4.90 Å². The predicted octanol–water partition coefficient (Wildman–Crippen LogP) is 3.08. The number of aromatic amines is 1. The molecular weight excluding hydrogens is 390 g/mol. The topological polar surface area (TPSA) is 108 Å². The van der Waals surface area contributed by atoms with Gasteiger partial charge >= 0.3 is 0 Å². The number of fused-ring (bicyclic) bond motifs is 1. The summed E-state index contributed by atoms with van der Waals surface area (Å²) in [7, 11) is -3.60. The molecule has 0 spiro atoms. The standard InChI is InChI=1S/C20H23N5O3S/c1-14-6-8-16(13-19(14)29(27,28)25-10-4-2-3-5-11-25)21-20(26)15-7-9-17-18(12-15)23-24-22-17/h6-9,12-13H,2-5,10-11H2,1H3,(H,21,26)(H,22,23,24). The Bertz CT molecular complexity index is 1150. The van der Waals surface area contributed by atoms with E-state index in [1.807, 2.05) is 0 Å². The summed E-state index contributed by atoms with van der Waals surface area (Å²) in [4.78, 5) is 12.9. The summed E-state index contributed by atoms with van der Waals surface area (Å²) in [6.07, 6.45) is 3.85. The van der Waals surface area contributed by atoms with Gasteiger partial charge in [-0.25, -0.2) is 8.42 Å². The molecule has 0 bridgehead atoms. The zero-order valence-corrected chi connectivity index (χ0v) is 17.0. The molecule has 1 aliphatic rings. The zero-order chi connectivity index (χ0) is 20.4. The van der Waals surface area contributed by atoms with Crippen LogP contribution in [0.15, 0.2) is 41.3 Å². The van der Waals surface area contributed by atoms with E-state index in [4.69, 9.17) is 0 Å². The van der Waals surface area contributed by atoms with Crippen LogP contribution in [0.4, 0.5) is 5.69 Å². The van der Waals surface area contributed by atoms with Crippen molar-refractivity contribution in [3.05, 3.63) is 47.5 Å². The Morgan fingerprint density at radius 2 is 1.72 bits per heavy atom. The van der Waals surface area contributed by atoms with Crippen LogP contribution in [-0.2, 0) is 10.0 Å². The van der Waals surface area contributed by atoms with Crippen molar-refractivity contribution < 1.29 is 13.2 Å². The third kappa shape index (κ3) is 4.01. The number of hydrogen-bond donors (Lipinski definition) is 2. The molecule has 1 saturated heterocycles. The fourth-order valence-electron chi connectivity index (χ4n) is 3.56. The molecule has 0 saturated carbocycles. The van der Waals surface area contributed by atoms with Crippen molar-refractivity contribution >= 4 is 32.7 Å². The number of carbonyl (C=O) groups excluding carboxylic acids is 1. The largest absolute Gasteiger partial charge is 0.322 e. The summed E-state index contributed by atoms with van der Waals surface area (Å²) in [5.74, 6) is -0.336. The van der Waals surface area contributed by atoms with Gasteiger partial charge in [-0.15, -0.1) is 0 Å². The Balaban J connectivity index is 1.59. The smallest absolute Gasteiger partial charge is 0.255 e. The lowest BCUT2D eigenvalue weighted by Crippen LogP contribution is -2.32. The number of anilines is 1. The second-order valence-corrected chi connectivity index (χ2v) is 9.19. The lowest BCUT2D eigenvalue weighted by Gasteiger charge is -2.21. The van der Waals surface area contributed by atoms with E-state index >= 15 is 0 Å². The van der Waals surface area contributed by atoms with Gasteiger partial charge in [0, 0.05) is 24.3 Å². The molecule has 2 N–H and O–H groups in total. The SMILES string of the molecule is Cc1ccc(NC(=O)c2ccc3n[nH]nc3c2)cc1S(=O)(=O)N1CCCCCC1. The molecule has 1 aliphatic heterocycles.